The summed E-state index contributed by atoms with van der Waals surface area (Å²) in [7, 11) is 0. The van der Waals surface area contributed by atoms with Gasteiger partial charge in [-0.05, 0) is 36.1 Å². The maximum absolute atomic E-state index is 5.82. The summed E-state index contributed by atoms with van der Waals surface area (Å²) < 4.78 is 5.64. The SMILES string of the molecule is Clc1ccc(COCCCc2ccccc2)cc1. The van der Waals surface area contributed by atoms with E-state index in [0.717, 1.165) is 24.5 Å². The topological polar surface area (TPSA) is 9.23 Å². The summed E-state index contributed by atoms with van der Waals surface area (Å²) in [5.74, 6) is 0. The van der Waals surface area contributed by atoms with E-state index in [1.807, 2.05) is 30.3 Å². The minimum atomic E-state index is 0.659. The van der Waals surface area contributed by atoms with Crippen LogP contribution in [0.1, 0.15) is 17.5 Å². The number of hydrogen-bond donors (Lipinski definition) is 0. The van der Waals surface area contributed by atoms with Crippen LogP contribution in [0.4, 0.5) is 0 Å². The second kappa shape index (κ2) is 7.20. The van der Waals surface area contributed by atoms with Crippen molar-refractivity contribution in [2.24, 2.45) is 0 Å². The van der Waals surface area contributed by atoms with Gasteiger partial charge in [-0.1, -0.05) is 54.1 Å². The fraction of sp³-hybridized carbons (Fsp3) is 0.250. The van der Waals surface area contributed by atoms with Crippen molar-refractivity contribution < 1.29 is 4.74 Å². The Bertz CT molecular complexity index is 450. The Morgan fingerprint density at radius 1 is 0.833 bits per heavy atom. The first-order valence-corrected chi connectivity index (χ1v) is 6.58. The Kier molecular flexibility index (Phi) is 5.25. The molecule has 0 fully saturated rings. The first-order chi connectivity index (χ1) is 8.84. The maximum Gasteiger partial charge on any atom is 0.0716 e. The third-order valence-corrected chi connectivity index (χ3v) is 3.03. The molecule has 0 atom stereocenters. The molecule has 0 amide bonds. The number of ether oxygens (including phenoxy) is 1. The molecule has 0 aliphatic carbocycles. The predicted octanol–water partition coefficient (Wildman–Crippen LogP) is 4.49. The zero-order valence-corrected chi connectivity index (χ0v) is 11.1. The lowest BCUT2D eigenvalue weighted by Crippen LogP contribution is -1.97. The summed E-state index contributed by atoms with van der Waals surface area (Å²) in [4.78, 5) is 0. The molecular weight excluding hydrogens is 244 g/mol. The van der Waals surface area contributed by atoms with E-state index in [1.165, 1.54) is 11.1 Å². The van der Waals surface area contributed by atoms with Gasteiger partial charge in [0, 0.05) is 11.6 Å². The molecule has 0 aliphatic heterocycles. The van der Waals surface area contributed by atoms with E-state index in [-0.39, 0.29) is 0 Å². The zero-order valence-electron chi connectivity index (χ0n) is 10.3. The van der Waals surface area contributed by atoms with Gasteiger partial charge in [0.05, 0.1) is 6.61 Å². The third-order valence-electron chi connectivity index (χ3n) is 2.78. The average Bonchev–Trinajstić information content (AvgIpc) is 2.42. The molecule has 0 spiro atoms. The van der Waals surface area contributed by atoms with Gasteiger partial charge in [-0.3, -0.25) is 0 Å². The monoisotopic (exact) mass is 260 g/mol. The Morgan fingerprint density at radius 2 is 1.56 bits per heavy atom. The summed E-state index contributed by atoms with van der Waals surface area (Å²) in [6, 6.07) is 18.3. The van der Waals surface area contributed by atoms with Gasteiger partial charge in [-0.2, -0.15) is 0 Å². The van der Waals surface area contributed by atoms with Crippen molar-refractivity contribution in [1.82, 2.24) is 0 Å². The number of hydrogen-bond acceptors (Lipinski definition) is 1. The van der Waals surface area contributed by atoms with Crippen LogP contribution in [0.5, 0.6) is 0 Å². The molecule has 0 saturated carbocycles. The van der Waals surface area contributed by atoms with Crippen molar-refractivity contribution >= 4 is 11.6 Å². The largest absolute Gasteiger partial charge is 0.377 e. The molecule has 18 heavy (non-hydrogen) atoms. The van der Waals surface area contributed by atoms with Crippen LogP contribution in [0, 0.1) is 0 Å². The van der Waals surface area contributed by atoms with Crippen molar-refractivity contribution in [1.29, 1.82) is 0 Å². The summed E-state index contributed by atoms with van der Waals surface area (Å²) >= 11 is 5.82. The van der Waals surface area contributed by atoms with Gasteiger partial charge in [-0.25, -0.2) is 0 Å². The molecule has 2 aromatic rings. The lowest BCUT2D eigenvalue weighted by Gasteiger charge is -2.05. The fourth-order valence-corrected chi connectivity index (χ4v) is 1.92. The van der Waals surface area contributed by atoms with E-state index in [2.05, 4.69) is 24.3 Å². The molecule has 0 radical (unpaired) electrons. The smallest absolute Gasteiger partial charge is 0.0716 e. The molecule has 2 aromatic carbocycles. The standard InChI is InChI=1S/C16H17ClO/c17-16-10-8-15(9-11-16)13-18-12-4-7-14-5-2-1-3-6-14/h1-3,5-6,8-11H,4,7,12-13H2. The molecule has 0 heterocycles. The highest BCUT2D eigenvalue weighted by Crippen LogP contribution is 2.10. The zero-order chi connectivity index (χ0) is 12.6. The molecule has 0 aromatic heterocycles. The Morgan fingerprint density at radius 3 is 2.28 bits per heavy atom. The van der Waals surface area contributed by atoms with E-state index in [9.17, 15) is 0 Å². The van der Waals surface area contributed by atoms with Crippen LogP contribution in [0.15, 0.2) is 54.6 Å². The molecular formula is C16H17ClO. The Labute approximate surface area is 113 Å². The van der Waals surface area contributed by atoms with Gasteiger partial charge in [0.25, 0.3) is 0 Å². The van der Waals surface area contributed by atoms with Gasteiger partial charge in [-0.15, -0.1) is 0 Å². The lowest BCUT2D eigenvalue weighted by atomic mass is 10.1. The molecule has 0 saturated heterocycles. The summed E-state index contributed by atoms with van der Waals surface area (Å²) in [5, 5.41) is 0.767. The van der Waals surface area contributed by atoms with Crippen LogP contribution in [-0.2, 0) is 17.8 Å². The van der Waals surface area contributed by atoms with Crippen molar-refractivity contribution in [3.05, 3.63) is 70.7 Å². The minimum Gasteiger partial charge on any atom is -0.377 e. The third kappa shape index (κ3) is 4.52. The highest BCUT2D eigenvalue weighted by Gasteiger charge is 1.95. The summed E-state index contributed by atoms with van der Waals surface area (Å²) in [5.41, 5.74) is 2.53. The number of aryl methyl sites for hydroxylation is 1. The second-order valence-electron chi connectivity index (χ2n) is 4.27. The lowest BCUT2D eigenvalue weighted by molar-refractivity contribution is 0.118. The van der Waals surface area contributed by atoms with Crippen LogP contribution in [0.25, 0.3) is 0 Å². The number of halogens is 1. The molecule has 0 N–H and O–H groups in total. The predicted molar refractivity (Wildman–Crippen MR) is 75.9 cm³/mol. The summed E-state index contributed by atoms with van der Waals surface area (Å²) in [6.07, 6.45) is 2.12. The van der Waals surface area contributed by atoms with E-state index in [4.69, 9.17) is 16.3 Å². The van der Waals surface area contributed by atoms with Gasteiger partial charge < -0.3 is 4.74 Å². The minimum absolute atomic E-state index is 0.659. The molecule has 2 rings (SSSR count). The number of rotatable bonds is 6. The van der Waals surface area contributed by atoms with Crippen LogP contribution < -0.4 is 0 Å². The molecule has 0 unspecified atom stereocenters. The van der Waals surface area contributed by atoms with Gasteiger partial charge in [0.1, 0.15) is 0 Å². The normalized spacial score (nSPS) is 10.5. The molecule has 2 heteroatoms. The number of benzene rings is 2. The van der Waals surface area contributed by atoms with Crippen molar-refractivity contribution in [2.45, 2.75) is 19.4 Å². The van der Waals surface area contributed by atoms with E-state index in [1.54, 1.807) is 0 Å². The van der Waals surface area contributed by atoms with Gasteiger partial charge in [0.15, 0.2) is 0 Å². The second-order valence-corrected chi connectivity index (χ2v) is 4.70. The highest BCUT2D eigenvalue weighted by molar-refractivity contribution is 6.30. The van der Waals surface area contributed by atoms with E-state index < -0.39 is 0 Å². The summed E-state index contributed by atoms with van der Waals surface area (Å²) in [6.45, 7) is 1.45. The van der Waals surface area contributed by atoms with E-state index in [0.29, 0.717) is 6.61 Å². The molecule has 0 aliphatic rings. The highest BCUT2D eigenvalue weighted by atomic mass is 35.5. The average molecular weight is 261 g/mol. The van der Waals surface area contributed by atoms with Crippen LogP contribution in [-0.4, -0.2) is 6.61 Å². The van der Waals surface area contributed by atoms with E-state index >= 15 is 0 Å². The first kappa shape index (κ1) is 13.1. The molecule has 1 nitrogen and oxygen atoms in total. The Balaban J connectivity index is 1.63. The first-order valence-electron chi connectivity index (χ1n) is 6.21. The van der Waals surface area contributed by atoms with Gasteiger partial charge in [0.2, 0.25) is 0 Å². The van der Waals surface area contributed by atoms with Crippen LogP contribution in [0.2, 0.25) is 5.02 Å². The van der Waals surface area contributed by atoms with Crippen LogP contribution >= 0.6 is 11.6 Å². The fourth-order valence-electron chi connectivity index (χ4n) is 1.79. The molecule has 94 valence electrons. The van der Waals surface area contributed by atoms with Crippen LogP contribution in [0.3, 0.4) is 0 Å². The van der Waals surface area contributed by atoms with Crippen molar-refractivity contribution in [3.8, 4) is 0 Å². The maximum atomic E-state index is 5.82. The van der Waals surface area contributed by atoms with Crippen molar-refractivity contribution in [2.75, 3.05) is 6.61 Å². The van der Waals surface area contributed by atoms with Gasteiger partial charge >= 0.3 is 0 Å². The Hall–Kier alpha value is -1.31. The molecule has 0 bridgehead atoms. The quantitative estimate of drug-likeness (QED) is 0.696. The van der Waals surface area contributed by atoms with Crippen molar-refractivity contribution in [3.63, 3.8) is 0 Å².